The fraction of sp³-hybridized carbons (Fsp3) is 0.400. The fourth-order valence-electron chi connectivity index (χ4n) is 2.42. The lowest BCUT2D eigenvalue weighted by Crippen LogP contribution is -2.24. The summed E-state index contributed by atoms with van der Waals surface area (Å²) in [6.45, 7) is 4.18. The van der Waals surface area contributed by atoms with Crippen LogP contribution in [0, 0.1) is 6.92 Å². The van der Waals surface area contributed by atoms with Gasteiger partial charge in [-0.15, -0.1) is 0 Å². The summed E-state index contributed by atoms with van der Waals surface area (Å²) in [7, 11) is 0. The van der Waals surface area contributed by atoms with Gasteiger partial charge < -0.3 is 20.9 Å². The molecule has 4 N–H and O–H groups in total. The molecule has 130 valence electrons. The molecule has 0 fully saturated rings. The zero-order valence-electron chi connectivity index (χ0n) is 14.6. The Labute approximate surface area is 144 Å². The molecule has 1 atom stereocenters. The Morgan fingerprint density at radius 2 is 1.54 bits per heavy atom. The molecule has 1 unspecified atom stereocenters. The first-order valence-electron chi connectivity index (χ1n) is 8.63. The van der Waals surface area contributed by atoms with Crippen LogP contribution in [0.5, 0.6) is 11.5 Å². The molecule has 0 bridgehead atoms. The topological polar surface area (TPSA) is 70.5 Å². The van der Waals surface area contributed by atoms with Crippen LogP contribution in [0.25, 0.3) is 0 Å². The lowest BCUT2D eigenvalue weighted by Gasteiger charge is -2.21. The largest absolute Gasteiger partial charge is 0.455 e. The average Bonchev–Trinajstić information content (AvgIpc) is 2.57. The van der Waals surface area contributed by atoms with E-state index in [1.807, 2.05) is 49.4 Å². The molecule has 0 saturated heterocycles. The first-order chi connectivity index (χ1) is 11.6. The van der Waals surface area contributed by atoms with Crippen LogP contribution in [0.15, 0.2) is 42.5 Å². The predicted molar refractivity (Wildman–Crippen MR) is 100 cm³/mol. The molecule has 0 aliphatic rings. The summed E-state index contributed by atoms with van der Waals surface area (Å²) in [6.07, 6.45) is 5.17. The first kappa shape index (κ1) is 18.0. The van der Waals surface area contributed by atoms with Crippen LogP contribution in [-0.4, -0.2) is 6.29 Å². The number of ether oxygens (including phenoxy) is 2. The molecule has 0 radical (unpaired) electrons. The van der Waals surface area contributed by atoms with Crippen molar-refractivity contribution in [2.45, 2.75) is 52.2 Å². The van der Waals surface area contributed by atoms with Gasteiger partial charge in [-0.25, -0.2) is 0 Å². The van der Waals surface area contributed by atoms with E-state index in [1.54, 1.807) is 0 Å². The van der Waals surface area contributed by atoms with E-state index in [-0.39, 0.29) is 6.29 Å². The number of rotatable bonds is 9. The molecule has 0 heterocycles. The minimum absolute atomic E-state index is 0.340. The van der Waals surface area contributed by atoms with Crippen LogP contribution >= 0.6 is 0 Å². The highest BCUT2D eigenvalue weighted by Crippen LogP contribution is 2.23. The Bertz CT molecular complexity index is 626. The van der Waals surface area contributed by atoms with Crippen molar-refractivity contribution in [2.75, 3.05) is 11.5 Å². The van der Waals surface area contributed by atoms with Gasteiger partial charge in [-0.2, -0.15) is 0 Å². The zero-order chi connectivity index (χ0) is 17.4. The van der Waals surface area contributed by atoms with Gasteiger partial charge in [-0.1, -0.05) is 32.3 Å². The van der Waals surface area contributed by atoms with E-state index in [2.05, 4.69) is 6.92 Å². The number of unbranched alkanes of at least 4 members (excludes halogenated alkanes) is 3. The van der Waals surface area contributed by atoms with Gasteiger partial charge >= 0.3 is 0 Å². The highest BCUT2D eigenvalue weighted by Gasteiger charge is 2.13. The summed E-state index contributed by atoms with van der Waals surface area (Å²) in [5.74, 6) is 1.49. The minimum Gasteiger partial charge on any atom is -0.455 e. The van der Waals surface area contributed by atoms with Gasteiger partial charge in [0.05, 0.1) is 0 Å². The third-order valence-corrected chi connectivity index (χ3v) is 3.96. The Hall–Kier alpha value is -2.36. The Balaban J connectivity index is 2.03. The average molecular weight is 328 g/mol. The normalized spacial score (nSPS) is 11.9. The zero-order valence-corrected chi connectivity index (χ0v) is 14.6. The maximum atomic E-state index is 6.03. The molecule has 0 spiro atoms. The summed E-state index contributed by atoms with van der Waals surface area (Å²) < 4.78 is 12.0. The Morgan fingerprint density at radius 3 is 2.21 bits per heavy atom. The van der Waals surface area contributed by atoms with Crippen molar-refractivity contribution in [3.05, 3.63) is 48.0 Å². The van der Waals surface area contributed by atoms with Crippen LogP contribution in [0.4, 0.5) is 11.4 Å². The quantitative estimate of drug-likeness (QED) is 0.389. The summed E-state index contributed by atoms with van der Waals surface area (Å²) in [6, 6.07) is 13.1. The number of benzene rings is 2. The summed E-state index contributed by atoms with van der Waals surface area (Å²) in [5.41, 5.74) is 14.2. The lowest BCUT2D eigenvalue weighted by molar-refractivity contribution is -0.00238. The van der Waals surface area contributed by atoms with E-state index in [0.717, 1.165) is 35.6 Å². The molecule has 0 aliphatic heterocycles. The Kier molecular flexibility index (Phi) is 6.79. The molecule has 0 saturated carbocycles. The maximum absolute atomic E-state index is 6.03. The highest BCUT2D eigenvalue weighted by atomic mass is 16.7. The van der Waals surface area contributed by atoms with Gasteiger partial charge in [0.25, 0.3) is 0 Å². The molecule has 0 amide bonds. The lowest BCUT2D eigenvalue weighted by atomic mass is 10.1. The highest BCUT2D eigenvalue weighted by molar-refractivity contribution is 5.50. The SMILES string of the molecule is CCCCCCC(Oc1ccc(N)cc1)Oc1ccc(C)c(N)c1. The maximum Gasteiger partial charge on any atom is 0.241 e. The van der Waals surface area contributed by atoms with Gasteiger partial charge in [0.15, 0.2) is 0 Å². The van der Waals surface area contributed by atoms with Crippen molar-refractivity contribution < 1.29 is 9.47 Å². The van der Waals surface area contributed by atoms with Gasteiger partial charge in [0, 0.05) is 23.9 Å². The second kappa shape index (κ2) is 9.06. The number of nitrogen functional groups attached to an aromatic ring is 2. The van der Waals surface area contributed by atoms with Gasteiger partial charge in [-0.3, -0.25) is 0 Å². The fourth-order valence-corrected chi connectivity index (χ4v) is 2.42. The first-order valence-corrected chi connectivity index (χ1v) is 8.63. The van der Waals surface area contributed by atoms with Gasteiger partial charge in [0.1, 0.15) is 11.5 Å². The smallest absolute Gasteiger partial charge is 0.241 e. The van der Waals surface area contributed by atoms with Crippen molar-refractivity contribution in [1.82, 2.24) is 0 Å². The number of hydrogen-bond acceptors (Lipinski definition) is 4. The molecule has 4 heteroatoms. The number of nitrogens with two attached hydrogens (primary N) is 2. The molecule has 0 aromatic heterocycles. The van der Waals surface area contributed by atoms with E-state index in [1.165, 1.54) is 19.3 Å². The van der Waals surface area contributed by atoms with Crippen LogP contribution < -0.4 is 20.9 Å². The summed E-state index contributed by atoms with van der Waals surface area (Å²) >= 11 is 0. The number of anilines is 2. The van der Waals surface area contributed by atoms with Gasteiger partial charge in [0.2, 0.25) is 6.29 Å². The molecule has 2 aromatic rings. The van der Waals surface area contributed by atoms with E-state index in [4.69, 9.17) is 20.9 Å². The molecule has 4 nitrogen and oxygen atoms in total. The van der Waals surface area contributed by atoms with E-state index in [9.17, 15) is 0 Å². The molecular formula is C20H28N2O2. The van der Waals surface area contributed by atoms with E-state index >= 15 is 0 Å². The van der Waals surface area contributed by atoms with E-state index in [0.29, 0.717) is 5.69 Å². The summed E-state index contributed by atoms with van der Waals surface area (Å²) in [4.78, 5) is 0. The molecule has 2 aromatic carbocycles. The molecule has 2 rings (SSSR count). The molecule has 0 aliphatic carbocycles. The van der Waals surface area contributed by atoms with Crippen molar-refractivity contribution in [3.63, 3.8) is 0 Å². The minimum atomic E-state index is -0.340. The van der Waals surface area contributed by atoms with Crippen molar-refractivity contribution in [3.8, 4) is 11.5 Å². The van der Waals surface area contributed by atoms with Crippen molar-refractivity contribution >= 4 is 11.4 Å². The van der Waals surface area contributed by atoms with Crippen LogP contribution in [0.2, 0.25) is 0 Å². The number of hydrogen-bond donors (Lipinski definition) is 2. The monoisotopic (exact) mass is 328 g/mol. The van der Waals surface area contributed by atoms with Crippen LogP contribution in [-0.2, 0) is 0 Å². The van der Waals surface area contributed by atoms with Crippen LogP contribution in [0.3, 0.4) is 0 Å². The molecular weight excluding hydrogens is 300 g/mol. The van der Waals surface area contributed by atoms with Crippen molar-refractivity contribution in [2.24, 2.45) is 0 Å². The third-order valence-electron chi connectivity index (χ3n) is 3.96. The summed E-state index contributed by atoms with van der Waals surface area (Å²) in [5, 5.41) is 0. The predicted octanol–water partition coefficient (Wildman–Crippen LogP) is 4.91. The van der Waals surface area contributed by atoms with Crippen LogP contribution in [0.1, 0.15) is 44.6 Å². The van der Waals surface area contributed by atoms with E-state index < -0.39 is 0 Å². The van der Waals surface area contributed by atoms with Gasteiger partial charge in [-0.05, 0) is 49.2 Å². The number of aryl methyl sites for hydroxylation is 1. The Morgan fingerprint density at radius 1 is 0.875 bits per heavy atom. The second-order valence-corrected chi connectivity index (χ2v) is 6.10. The standard InChI is InChI=1S/C20H28N2O2/c1-3-4-5-6-7-20(23-17-12-9-16(21)10-13-17)24-18-11-8-15(2)19(22)14-18/h8-14,20H,3-7,21-22H2,1-2H3. The molecule has 24 heavy (non-hydrogen) atoms. The third kappa shape index (κ3) is 5.69. The van der Waals surface area contributed by atoms with Crippen molar-refractivity contribution in [1.29, 1.82) is 0 Å². The second-order valence-electron chi connectivity index (χ2n) is 6.10.